The van der Waals surface area contributed by atoms with Crippen LogP contribution in [0.15, 0.2) is 46.9 Å². The van der Waals surface area contributed by atoms with Crippen LogP contribution < -0.4 is 14.2 Å². The zero-order valence-corrected chi connectivity index (χ0v) is 16.5. The van der Waals surface area contributed by atoms with Gasteiger partial charge in [0.25, 0.3) is 0 Å². The maximum Gasteiger partial charge on any atom is 0.343 e. The maximum absolute atomic E-state index is 11.4. The highest BCUT2D eigenvalue weighted by molar-refractivity contribution is 9.10. The minimum atomic E-state index is -0.545. The highest BCUT2D eigenvalue weighted by Gasteiger charge is 2.19. The van der Waals surface area contributed by atoms with E-state index in [-0.39, 0.29) is 37.1 Å². The number of methoxy groups -OCH3 is 2. The molecule has 0 amide bonds. The van der Waals surface area contributed by atoms with Crippen LogP contribution in [0, 0.1) is 0 Å². The second-order valence-corrected chi connectivity index (χ2v) is 6.06. The molecule has 0 aromatic heterocycles. The fraction of sp³-hybridized carbons (Fsp3) is 0.263. The van der Waals surface area contributed by atoms with Gasteiger partial charge in [0.15, 0.2) is 24.7 Å². The van der Waals surface area contributed by atoms with Gasteiger partial charge >= 0.3 is 11.9 Å². The van der Waals surface area contributed by atoms with Crippen LogP contribution in [0.4, 0.5) is 0 Å². The molecule has 0 N–H and O–H groups in total. The normalized spacial score (nSPS) is 10.0. The van der Waals surface area contributed by atoms with E-state index in [0.29, 0.717) is 4.47 Å². The molecule has 0 atom stereocenters. The number of hydrogen-bond acceptors (Lipinski definition) is 7. The number of carbonyl (C=O) groups excluding carboxylic acids is 2. The molecular formula is C19H19BrO7. The van der Waals surface area contributed by atoms with E-state index in [1.807, 2.05) is 30.3 Å². The standard InChI is InChI=1S/C19H19BrO7/c1-23-16(21)11-25-15-9-8-14(20)18(27-12-17(22)24-2)19(15)26-10-13-6-4-3-5-7-13/h3-9H,10-12H2,1-2H3. The highest BCUT2D eigenvalue weighted by atomic mass is 79.9. The van der Waals surface area contributed by atoms with Crippen molar-refractivity contribution in [2.24, 2.45) is 0 Å². The largest absolute Gasteiger partial charge is 0.482 e. The molecule has 0 radical (unpaired) electrons. The summed E-state index contributed by atoms with van der Waals surface area (Å²) in [7, 11) is 2.54. The zero-order chi connectivity index (χ0) is 19.6. The smallest absolute Gasteiger partial charge is 0.343 e. The average molecular weight is 439 g/mol. The molecule has 0 aliphatic rings. The first-order valence-corrected chi connectivity index (χ1v) is 8.73. The monoisotopic (exact) mass is 438 g/mol. The van der Waals surface area contributed by atoms with Crippen molar-refractivity contribution in [2.75, 3.05) is 27.4 Å². The summed E-state index contributed by atoms with van der Waals surface area (Å²) in [5, 5.41) is 0. The van der Waals surface area contributed by atoms with E-state index in [1.165, 1.54) is 14.2 Å². The van der Waals surface area contributed by atoms with E-state index in [9.17, 15) is 9.59 Å². The molecule has 2 rings (SSSR count). The number of benzene rings is 2. The fourth-order valence-electron chi connectivity index (χ4n) is 2.02. The lowest BCUT2D eigenvalue weighted by Gasteiger charge is -2.17. The Labute approximate surface area is 165 Å². The first kappa shape index (κ1) is 20.6. The molecule has 0 unspecified atom stereocenters. The SMILES string of the molecule is COC(=O)COc1ccc(Br)c(OCC(=O)OC)c1OCc1ccccc1. The van der Waals surface area contributed by atoms with Crippen molar-refractivity contribution >= 4 is 27.9 Å². The van der Waals surface area contributed by atoms with Crippen molar-refractivity contribution in [1.29, 1.82) is 0 Å². The maximum atomic E-state index is 11.4. The molecule has 0 aliphatic carbocycles. The Bertz CT molecular complexity index is 777. The van der Waals surface area contributed by atoms with E-state index >= 15 is 0 Å². The lowest BCUT2D eigenvalue weighted by atomic mass is 10.2. The van der Waals surface area contributed by atoms with Crippen molar-refractivity contribution in [1.82, 2.24) is 0 Å². The van der Waals surface area contributed by atoms with Crippen LogP contribution in [0.1, 0.15) is 5.56 Å². The van der Waals surface area contributed by atoms with Gasteiger partial charge < -0.3 is 23.7 Å². The Morgan fingerprint density at radius 3 is 2.07 bits per heavy atom. The van der Waals surface area contributed by atoms with E-state index in [0.717, 1.165) is 5.56 Å². The van der Waals surface area contributed by atoms with E-state index in [1.54, 1.807) is 12.1 Å². The predicted molar refractivity (Wildman–Crippen MR) is 99.9 cm³/mol. The Balaban J connectivity index is 2.27. The van der Waals surface area contributed by atoms with Gasteiger partial charge in [-0.25, -0.2) is 9.59 Å². The predicted octanol–water partition coefficient (Wildman–Crippen LogP) is 3.13. The summed E-state index contributed by atoms with van der Waals surface area (Å²) < 4.78 is 26.6. The van der Waals surface area contributed by atoms with Gasteiger partial charge in [0.05, 0.1) is 18.7 Å². The number of carbonyl (C=O) groups is 2. The molecule has 7 nitrogen and oxygen atoms in total. The highest BCUT2D eigenvalue weighted by Crippen LogP contribution is 2.43. The molecule has 0 heterocycles. The van der Waals surface area contributed by atoms with Crippen molar-refractivity contribution in [3.8, 4) is 17.2 Å². The molecule has 2 aromatic carbocycles. The van der Waals surface area contributed by atoms with Crippen LogP contribution in [0.2, 0.25) is 0 Å². The minimum Gasteiger partial charge on any atom is -0.482 e. The van der Waals surface area contributed by atoms with Gasteiger partial charge in [0, 0.05) is 0 Å². The van der Waals surface area contributed by atoms with Crippen LogP contribution in [0.25, 0.3) is 0 Å². The summed E-state index contributed by atoms with van der Waals surface area (Å²) in [4.78, 5) is 22.8. The second kappa shape index (κ2) is 10.4. The van der Waals surface area contributed by atoms with Gasteiger partial charge in [0.1, 0.15) is 6.61 Å². The summed E-state index contributed by atoms with van der Waals surface area (Å²) >= 11 is 3.37. The third kappa shape index (κ3) is 6.18. The van der Waals surface area contributed by atoms with Crippen LogP contribution in [0.3, 0.4) is 0 Å². The van der Waals surface area contributed by atoms with Crippen molar-refractivity contribution in [3.05, 3.63) is 52.5 Å². The van der Waals surface area contributed by atoms with Crippen molar-refractivity contribution in [2.45, 2.75) is 6.61 Å². The second-order valence-electron chi connectivity index (χ2n) is 5.21. The lowest BCUT2D eigenvalue weighted by molar-refractivity contribution is -0.143. The number of hydrogen-bond donors (Lipinski definition) is 0. The summed E-state index contributed by atoms with van der Waals surface area (Å²) in [5.41, 5.74) is 0.926. The summed E-state index contributed by atoms with van der Waals surface area (Å²) in [6.07, 6.45) is 0. The molecule has 0 spiro atoms. The fourth-order valence-corrected chi connectivity index (χ4v) is 2.45. The van der Waals surface area contributed by atoms with Crippen molar-refractivity contribution in [3.63, 3.8) is 0 Å². The molecular weight excluding hydrogens is 420 g/mol. The molecule has 144 valence electrons. The van der Waals surface area contributed by atoms with Gasteiger partial charge in [-0.3, -0.25) is 0 Å². The Kier molecular flexibility index (Phi) is 7.94. The lowest BCUT2D eigenvalue weighted by Crippen LogP contribution is -2.15. The summed E-state index contributed by atoms with van der Waals surface area (Å²) in [6.45, 7) is -0.367. The molecule has 8 heteroatoms. The summed E-state index contributed by atoms with van der Waals surface area (Å²) in [6, 6.07) is 12.8. The molecule has 27 heavy (non-hydrogen) atoms. The molecule has 0 aliphatic heterocycles. The third-order valence-electron chi connectivity index (χ3n) is 3.39. The number of halogens is 1. The van der Waals surface area contributed by atoms with Crippen LogP contribution in [0.5, 0.6) is 17.2 Å². The van der Waals surface area contributed by atoms with Gasteiger partial charge in [-0.2, -0.15) is 0 Å². The minimum absolute atomic E-state index is 0.237. The van der Waals surface area contributed by atoms with E-state index in [2.05, 4.69) is 25.4 Å². The summed E-state index contributed by atoms with van der Waals surface area (Å²) in [5.74, 6) is -0.292. The van der Waals surface area contributed by atoms with Crippen LogP contribution in [-0.4, -0.2) is 39.4 Å². The molecule has 0 saturated heterocycles. The van der Waals surface area contributed by atoms with E-state index in [4.69, 9.17) is 14.2 Å². The first-order chi connectivity index (χ1) is 13.0. The number of ether oxygens (including phenoxy) is 5. The third-order valence-corrected chi connectivity index (χ3v) is 4.01. The number of esters is 2. The van der Waals surface area contributed by atoms with Gasteiger partial charge in [-0.1, -0.05) is 30.3 Å². The van der Waals surface area contributed by atoms with Crippen LogP contribution in [-0.2, 0) is 25.7 Å². The topological polar surface area (TPSA) is 80.3 Å². The Morgan fingerprint density at radius 2 is 1.44 bits per heavy atom. The molecule has 2 aromatic rings. The van der Waals surface area contributed by atoms with Gasteiger partial charge in [-0.05, 0) is 33.6 Å². The quantitative estimate of drug-likeness (QED) is 0.556. The zero-order valence-electron chi connectivity index (χ0n) is 14.9. The van der Waals surface area contributed by atoms with E-state index < -0.39 is 11.9 Å². The first-order valence-electron chi connectivity index (χ1n) is 7.93. The Morgan fingerprint density at radius 1 is 0.815 bits per heavy atom. The Hall–Kier alpha value is -2.74. The van der Waals surface area contributed by atoms with Gasteiger partial charge in [-0.15, -0.1) is 0 Å². The molecule has 0 saturated carbocycles. The van der Waals surface area contributed by atoms with Crippen LogP contribution >= 0.6 is 15.9 Å². The number of rotatable bonds is 9. The van der Waals surface area contributed by atoms with Crippen molar-refractivity contribution < 1.29 is 33.3 Å². The molecule has 0 bridgehead atoms. The van der Waals surface area contributed by atoms with Gasteiger partial charge in [0.2, 0.25) is 5.75 Å². The average Bonchev–Trinajstić information content (AvgIpc) is 2.70. The molecule has 0 fully saturated rings.